The number of hydrogen-bond donors (Lipinski definition) is 1. The standard InChI is InChI=1S/C18H23N3OS/c1-13-3-5-15(6-4-13)11-21-9-7-16(8-10-21)20-18(22)17-14(2)19-12-23-17/h3-6,12,16H,7-11H2,1-2H3,(H,20,22). The van der Waals surface area contributed by atoms with Gasteiger partial charge in [-0.15, -0.1) is 11.3 Å². The van der Waals surface area contributed by atoms with Crippen molar-refractivity contribution in [1.29, 1.82) is 0 Å². The summed E-state index contributed by atoms with van der Waals surface area (Å²) in [6, 6.07) is 9.02. The van der Waals surface area contributed by atoms with Crippen LogP contribution in [0, 0.1) is 13.8 Å². The Balaban J connectivity index is 1.48. The van der Waals surface area contributed by atoms with E-state index in [0.717, 1.165) is 43.0 Å². The number of likely N-dealkylation sites (tertiary alicyclic amines) is 1. The number of benzene rings is 1. The summed E-state index contributed by atoms with van der Waals surface area (Å²) in [5.41, 5.74) is 5.21. The van der Waals surface area contributed by atoms with Crippen molar-refractivity contribution in [2.75, 3.05) is 13.1 Å². The van der Waals surface area contributed by atoms with Crippen molar-refractivity contribution in [1.82, 2.24) is 15.2 Å². The molecule has 1 amide bonds. The van der Waals surface area contributed by atoms with Gasteiger partial charge >= 0.3 is 0 Å². The summed E-state index contributed by atoms with van der Waals surface area (Å²) >= 11 is 1.42. The van der Waals surface area contributed by atoms with Crippen LogP contribution in [0.2, 0.25) is 0 Å². The molecule has 1 aliphatic rings. The Hall–Kier alpha value is -1.72. The lowest BCUT2D eigenvalue weighted by Gasteiger charge is -2.32. The molecule has 0 unspecified atom stereocenters. The highest BCUT2D eigenvalue weighted by Crippen LogP contribution is 2.17. The number of nitrogens with zero attached hydrogens (tertiary/aromatic N) is 2. The van der Waals surface area contributed by atoms with Gasteiger partial charge in [-0.3, -0.25) is 9.69 Å². The first-order valence-corrected chi connectivity index (χ1v) is 8.98. The molecule has 3 rings (SSSR count). The molecule has 1 aliphatic heterocycles. The Morgan fingerprint density at radius 3 is 2.57 bits per heavy atom. The Labute approximate surface area is 141 Å². The maximum Gasteiger partial charge on any atom is 0.263 e. The first kappa shape index (κ1) is 16.1. The van der Waals surface area contributed by atoms with Gasteiger partial charge in [-0.1, -0.05) is 29.8 Å². The van der Waals surface area contributed by atoms with Gasteiger partial charge in [-0.2, -0.15) is 0 Å². The number of rotatable bonds is 4. The predicted molar refractivity (Wildman–Crippen MR) is 93.8 cm³/mol. The molecule has 0 radical (unpaired) electrons. The van der Waals surface area contributed by atoms with Gasteiger partial charge in [0.1, 0.15) is 4.88 Å². The number of thiazole rings is 1. The lowest BCUT2D eigenvalue weighted by Crippen LogP contribution is -2.44. The second-order valence-electron chi connectivity index (χ2n) is 6.28. The first-order chi connectivity index (χ1) is 11.1. The normalized spacial score (nSPS) is 16.4. The lowest BCUT2D eigenvalue weighted by molar-refractivity contribution is 0.0912. The van der Waals surface area contributed by atoms with Crippen LogP contribution in [0.5, 0.6) is 0 Å². The molecule has 23 heavy (non-hydrogen) atoms. The summed E-state index contributed by atoms with van der Waals surface area (Å²) in [4.78, 5) is 19.6. The highest BCUT2D eigenvalue weighted by Gasteiger charge is 2.22. The largest absolute Gasteiger partial charge is 0.348 e. The Kier molecular flexibility index (Phi) is 5.08. The zero-order valence-corrected chi connectivity index (χ0v) is 14.5. The second-order valence-corrected chi connectivity index (χ2v) is 7.13. The average Bonchev–Trinajstić information content (AvgIpc) is 2.98. The second kappa shape index (κ2) is 7.23. The van der Waals surface area contributed by atoms with Crippen LogP contribution in [0.15, 0.2) is 29.8 Å². The van der Waals surface area contributed by atoms with E-state index in [1.54, 1.807) is 5.51 Å². The minimum Gasteiger partial charge on any atom is -0.348 e. The van der Waals surface area contributed by atoms with Crippen LogP contribution in [0.1, 0.15) is 39.3 Å². The number of piperidine rings is 1. The number of nitrogens with one attached hydrogen (secondary N) is 1. The monoisotopic (exact) mass is 329 g/mol. The zero-order chi connectivity index (χ0) is 16.2. The highest BCUT2D eigenvalue weighted by atomic mass is 32.1. The summed E-state index contributed by atoms with van der Waals surface area (Å²) in [7, 11) is 0. The van der Waals surface area contributed by atoms with Crippen LogP contribution in [0.25, 0.3) is 0 Å². The first-order valence-electron chi connectivity index (χ1n) is 8.10. The molecular weight excluding hydrogens is 306 g/mol. The highest BCUT2D eigenvalue weighted by molar-refractivity contribution is 7.11. The maximum absolute atomic E-state index is 12.2. The number of hydrogen-bond acceptors (Lipinski definition) is 4. The van der Waals surface area contributed by atoms with E-state index in [-0.39, 0.29) is 11.9 Å². The van der Waals surface area contributed by atoms with E-state index in [1.165, 1.54) is 22.5 Å². The maximum atomic E-state index is 12.2. The van der Waals surface area contributed by atoms with Gasteiger partial charge < -0.3 is 5.32 Å². The minimum atomic E-state index is 0.0296. The molecule has 122 valence electrons. The molecule has 1 fully saturated rings. The lowest BCUT2D eigenvalue weighted by atomic mass is 10.0. The summed E-state index contributed by atoms with van der Waals surface area (Å²) in [5, 5.41) is 3.16. The van der Waals surface area contributed by atoms with Crippen LogP contribution in [0.4, 0.5) is 0 Å². The van der Waals surface area contributed by atoms with Crippen molar-refractivity contribution in [3.05, 3.63) is 51.5 Å². The fourth-order valence-electron chi connectivity index (χ4n) is 2.96. The van der Waals surface area contributed by atoms with Crippen LogP contribution in [-0.2, 0) is 6.54 Å². The Morgan fingerprint density at radius 2 is 1.96 bits per heavy atom. The Bertz CT molecular complexity index is 657. The van der Waals surface area contributed by atoms with E-state index >= 15 is 0 Å². The molecule has 5 heteroatoms. The van der Waals surface area contributed by atoms with E-state index in [9.17, 15) is 4.79 Å². The zero-order valence-electron chi connectivity index (χ0n) is 13.7. The van der Waals surface area contributed by atoms with Gasteiger partial charge in [0.15, 0.2) is 0 Å². The fraction of sp³-hybridized carbons (Fsp3) is 0.444. The van der Waals surface area contributed by atoms with Crippen molar-refractivity contribution >= 4 is 17.2 Å². The van der Waals surface area contributed by atoms with E-state index in [1.807, 2.05) is 6.92 Å². The third-order valence-electron chi connectivity index (χ3n) is 4.40. The summed E-state index contributed by atoms with van der Waals surface area (Å²) in [5.74, 6) is 0.0296. The number of carbonyl (C=O) groups excluding carboxylic acids is 1. The molecule has 2 aromatic rings. The van der Waals surface area contributed by atoms with Crippen molar-refractivity contribution in [2.45, 2.75) is 39.3 Å². The van der Waals surface area contributed by atoms with E-state index in [4.69, 9.17) is 0 Å². The summed E-state index contributed by atoms with van der Waals surface area (Å²) in [6.07, 6.45) is 2.02. The van der Waals surface area contributed by atoms with E-state index in [0.29, 0.717) is 0 Å². The van der Waals surface area contributed by atoms with Gasteiger partial charge in [0.2, 0.25) is 0 Å². The third-order valence-corrected chi connectivity index (χ3v) is 5.33. The molecule has 0 bridgehead atoms. The number of aromatic nitrogens is 1. The quantitative estimate of drug-likeness (QED) is 0.937. The van der Waals surface area contributed by atoms with Crippen LogP contribution < -0.4 is 5.32 Å². The van der Waals surface area contributed by atoms with Crippen molar-refractivity contribution in [3.63, 3.8) is 0 Å². The number of amides is 1. The van der Waals surface area contributed by atoms with Crippen LogP contribution in [0.3, 0.4) is 0 Å². The van der Waals surface area contributed by atoms with Crippen LogP contribution in [-0.4, -0.2) is 34.9 Å². The fourth-order valence-corrected chi connectivity index (χ4v) is 3.66. The molecule has 1 aromatic carbocycles. The molecule has 1 saturated heterocycles. The molecule has 0 atom stereocenters. The number of carbonyl (C=O) groups is 1. The molecule has 1 aromatic heterocycles. The molecule has 4 nitrogen and oxygen atoms in total. The van der Waals surface area contributed by atoms with Crippen LogP contribution >= 0.6 is 11.3 Å². The van der Waals surface area contributed by atoms with Gasteiger partial charge in [0, 0.05) is 25.7 Å². The Morgan fingerprint density at radius 1 is 1.26 bits per heavy atom. The SMILES string of the molecule is Cc1ccc(CN2CCC(NC(=O)c3scnc3C)CC2)cc1. The van der Waals surface area contributed by atoms with Gasteiger partial charge in [0.05, 0.1) is 11.2 Å². The van der Waals surface area contributed by atoms with Gasteiger partial charge in [0.25, 0.3) is 5.91 Å². The topological polar surface area (TPSA) is 45.2 Å². The predicted octanol–water partition coefficient (Wildman–Crippen LogP) is 3.15. The molecular formula is C18H23N3OS. The molecule has 0 spiro atoms. The van der Waals surface area contributed by atoms with Gasteiger partial charge in [-0.25, -0.2) is 4.98 Å². The van der Waals surface area contributed by atoms with E-state index < -0.39 is 0 Å². The third kappa shape index (κ3) is 4.18. The molecule has 2 heterocycles. The number of aryl methyl sites for hydroxylation is 2. The average molecular weight is 329 g/mol. The summed E-state index contributed by atoms with van der Waals surface area (Å²) < 4.78 is 0. The smallest absolute Gasteiger partial charge is 0.263 e. The molecule has 0 saturated carbocycles. The van der Waals surface area contributed by atoms with Crippen molar-refractivity contribution in [3.8, 4) is 0 Å². The van der Waals surface area contributed by atoms with Crippen molar-refractivity contribution < 1.29 is 4.79 Å². The van der Waals surface area contributed by atoms with Gasteiger partial charge in [-0.05, 0) is 32.3 Å². The molecule has 0 aliphatic carbocycles. The molecule has 1 N–H and O–H groups in total. The minimum absolute atomic E-state index is 0.0296. The van der Waals surface area contributed by atoms with Crippen molar-refractivity contribution in [2.24, 2.45) is 0 Å². The summed E-state index contributed by atoms with van der Waals surface area (Å²) in [6.45, 7) is 7.05. The van der Waals surface area contributed by atoms with E-state index in [2.05, 4.69) is 46.4 Å².